The van der Waals surface area contributed by atoms with E-state index in [-0.39, 0.29) is 19.1 Å². The second-order valence-electron chi connectivity index (χ2n) is 4.74. The molecular formula is C15H24O6. The number of carbonyl (C=O) groups is 3. The Morgan fingerprint density at radius 1 is 1.10 bits per heavy atom. The Balaban J connectivity index is 3.82. The van der Waals surface area contributed by atoms with E-state index in [4.69, 9.17) is 9.84 Å². The molecule has 0 saturated heterocycles. The molecule has 0 aliphatic carbocycles. The van der Waals surface area contributed by atoms with Crippen molar-refractivity contribution in [2.75, 3.05) is 6.61 Å². The quantitative estimate of drug-likeness (QED) is 0.358. The van der Waals surface area contributed by atoms with Crippen molar-refractivity contribution in [1.29, 1.82) is 0 Å². The van der Waals surface area contributed by atoms with Gasteiger partial charge in [0.25, 0.3) is 0 Å². The van der Waals surface area contributed by atoms with Crippen LogP contribution in [0.1, 0.15) is 52.4 Å². The van der Waals surface area contributed by atoms with Crippen LogP contribution in [0.2, 0.25) is 0 Å². The summed E-state index contributed by atoms with van der Waals surface area (Å²) in [6.07, 6.45) is 6.71. The first-order valence-electron chi connectivity index (χ1n) is 7.23. The third kappa shape index (κ3) is 12.9. The van der Waals surface area contributed by atoms with Gasteiger partial charge in [-0.1, -0.05) is 26.2 Å². The summed E-state index contributed by atoms with van der Waals surface area (Å²) < 4.78 is 9.68. The minimum Gasteiger partial charge on any atom is -0.481 e. The van der Waals surface area contributed by atoms with Gasteiger partial charge in [-0.15, -0.1) is 0 Å². The minimum atomic E-state index is -1.05. The first-order valence-corrected chi connectivity index (χ1v) is 7.23. The van der Waals surface area contributed by atoms with E-state index in [1.807, 2.05) is 6.92 Å². The molecule has 0 aliphatic heterocycles. The third-order valence-corrected chi connectivity index (χ3v) is 2.70. The molecule has 0 bridgehead atoms. The van der Waals surface area contributed by atoms with Crippen LogP contribution in [-0.4, -0.2) is 35.7 Å². The predicted molar refractivity (Wildman–Crippen MR) is 76.7 cm³/mol. The summed E-state index contributed by atoms with van der Waals surface area (Å²) in [5.74, 6) is -2.42. The van der Waals surface area contributed by atoms with Gasteiger partial charge >= 0.3 is 17.9 Å². The van der Waals surface area contributed by atoms with Crippen molar-refractivity contribution in [2.45, 2.75) is 58.5 Å². The number of hydrogen-bond donors (Lipinski definition) is 1. The molecular weight excluding hydrogens is 276 g/mol. The summed E-state index contributed by atoms with van der Waals surface area (Å²) in [4.78, 5) is 32.8. The van der Waals surface area contributed by atoms with Gasteiger partial charge in [0.05, 0.1) is 12.5 Å². The molecule has 0 amide bonds. The van der Waals surface area contributed by atoms with Crippen molar-refractivity contribution in [3.8, 4) is 0 Å². The molecule has 0 saturated carbocycles. The van der Waals surface area contributed by atoms with Gasteiger partial charge in [0, 0.05) is 12.2 Å². The minimum absolute atomic E-state index is 0.193. The molecule has 0 spiro atoms. The monoisotopic (exact) mass is 300 g/mol. The lowest BCUT2D eigenvalue weighted by atomic mass is 10.1. The molecule has 0 aromatic heterocycles. The van der Waals surface area contributed by atoms with Gasteiger partial charge in [0.15, 0.2) is 0 Å². The molecule has 0 aromatic rings. The van der Waals surface area contributed by atoms with Crippen LogP contribution in [0.4, 0.5) is 0 Å². The van der Waals surface area contributed by atoms with Crippen LogP contribution in [0.3, 0.4) is 0 Å². The van der Waals surface area contributed by atoms with Gasteiger partial charge in [-0.05, 0) is 19.8 Å². The van der Waals surface area contributed by atoms with E-state index in [2.05, 4.69) is 11.7 Å². The number of aliphatic carboxylic acids is 1. The lowest BCUT2D eigenvalue weighted by molar-refractivity contribution is -0.145. The number of rotatable bonds is 11. The maximum atomic E-state index is 11.4. The summed E-state index contributed by atoms with van der Waals surface area (Å²) in [6, 6.07) is 0. The molecule has 6 nitrogen and oxygen atoms in total. The van der Waals surface area contributed by atoms with E-state index in [1.165, 1.54) is 6.42 Å². The van der Waals surface area contributed by atoms with Crippen molar-refractivity contribution in [3.63, 3.8) is 0 Å². The van der Waals surface area contributed by atoms with Crippen molar-refractivity contribution in [2.24, 2.45) is 0 Å². The molecule has 21 heavy (non-hydrogen) atoms. The van der Waals surface area contributed by atoms with Crippen molar-refractivity contribution < 1.29 is 29.0 Å². The van der Waals surface area contributed by atoms with Crippen molar-refractivity contribution >= 4 is 17.9 Å². The maximum absolute atomic E-state index is 11.4. The number of ether oxygens (including phenoxy) is 2. The number of hydrogen-bond acceptors (Lipinski definition) is 5. The molecule has 0 fully saturated rings. The third-order valence-electron chi connectivity index (χ3n) is 2.70. The first-order chi connectivity index (χ1) is 9.95. The highest BCUT2D eigenvalue weighted by Gasteiger charge is 2.07. The van der Waals surface area contributed by atoms with E-state index >= 15 is 0 Å². The highest BCUT2D eigenvalue weighted by molar-refractivity contribution is 5.91. The van der Waals surface area contributed by atoms with Gasteiger partial charge in [0.1, 0.15) is 6.61 Å². The molecule has 0 rings (SSSR count). The number of esters is 2. The molecule has 0 aliphatic rings. The molecule has 6 heteroatoms. The van der Waals surface area contributed by atoms with Crippen LogP contribution in [-0.2, 0) is 23.9 Å². The van der Waals surface area contributed by atoms with E-state index in [0.29, 0.717) is 0 Å². The lowest BCUT2D eigenvalue weighted by Gasteiger charge is -2.11. The second kappa shape index (κ2) is 11.9. The zero-order valence-corrected chi connectivity index (χ0v) is 12.7. The summed E-state index contributed by atoms with van der Waals surface area (Å²) in [5, 5.41) is 8.36. The fraction of sp³-hybridized carbons (Fsp3) is 0.667. The van der Waals surface area contributed by atoms with Crippen LogP contribution < -0.4 is 0 Å². The van der Waals surface area contributed by atoms with Crippen molar-refractivity contribution in [1.82, 2.24) is 0 Å². The number of carbonyl (C=O) groups excluding carboxylic acids is 2. The van der Waals surface area contributed by atoms with E-state index in [1.54, 1.807) is 0 Å². The van der Waals surface area contributed by atoms with Crippen LogP contribution >= 0.6 is 0 Å². The molecule has 1 N–H and O–H groups in total. The molecule has 0 heterocycles. The molecule has 120 valence electrons. The van der Waals surface area contributed by atoms with Gasteiger partial charge < -0.3 is 14.6 Å². The van der Waals surface area contributed by atoms with Crippen molar-refractivity contribution in [3.05, 3.63) is 12.2 Å². The van der Waals surface area contributed by atoms with Gasteiger partial charge in [-0.2, -0.15) is 0 Å². The van der Waals surface area contributed by atoms with Gasteiger partial charge in [0.2, 0.25) is 0 Å². The Bertz CT molecular complexity index is 361. The van der Waals surface area contributed by atoms with Crippen LogP contribution in [0.15, 0.2) is 12.2 Å². The summed E-state index contributed by atoms with van der Waals surface area (Å²) >= 11 is 0. The van der Waals surface area contributed by atoms with Crippen LogP contribution in [0.5, 0.6) is 0 Å². The fourth-order valence-electron chi connectivity index (χ4n) is 1.58. The molecule has 0 aromatic carbocycles. The number of carboxylic acid groups (broad SMARTS) is 1. The molecule has 1 atom stereocenters. The topological polar surface area (TPSA) is 89.9 Å². The fourth-order valence-corrected chi connectivity index (χ4v) is 1.58. The molecule has 0 unspecified atom stereocenters. The van der Waals surface area contributed by atoms with Gasteiger partial charge in [-0.25, -0.2) is 9.59 Å². The number of carboxylic acids is 1. The summed E-state index contributed by atoms with van der Waals surface area (Å²) in [6.45, 7) is 3.72. The Morgan fingerprint density at radius 2 is 1.76 bits per heavy atom. The second-order valence-corrected chi connectivity index (χ2v) is 4.74. The summed E-state index contributed by atoms with van der Waals surface area (Å²) in [7, 11) is 0. The highest BCUT2D eigenvalue weighted by atomic mass is 16.5. The van der Waals surface area contributed by atoms with E-state index in [0.717, 1.165) is 37.8 Å². The Hall–Kier alpha value is -1.85. The Labute approximate surface area is 125 Å². The standard InChI is InChI=1S/C15H24O6/c1-3-4-5-6-7-12(2)21-15(19)9-8-14(18)20-11-10-13(16)17/h8-9,12H,3-7,10-11H2,1-2H3,(H,16,17)/b9-8+/t12-/m1/s1. The smallest absolute Gasteiger partial charge is 0.331 e. The van der Waals surface area contributed by atoms with Gasteiger partial charge in [-0.3, -0.25) is 4.79 Å². The average molecular weight is 300 g/mol. The Kier molecular flexibility index (Phi) is 10.9. The zero-order valence-electron chi connectivity index (χ0n) is 12.7. The van der Waals surface area contributed by atoms with Crippen LogP contribution in [0, 0.1) is 0 Å². The average Bonchev–Trinajstić information content (AvgIpc) is 2.41. The Morgan fingerprint density at radius 3 is 2.38 bits per heavy atom. The highest BCUT2D eigenvalue weighted by Crippen LogP contribution is 2.08. The lowest BCUT2D eigenvalue weighted by Crippen LogP contribution is -2.13. The summed E-state index contributed by atoms with van der Waals surface area (Å²) in [5.41, 5.74) is 0. The van der Waals surface area contributed by atoms with E-state index < -0.39 is 17.9 Å². The normalized spacial score (nSPS) is 12.1. The number of unbranched alkanes of at least 4 members (excludes halogenated alkanes) is 3. The SMILES string of the molecule is CCCCCC[C@@H](C)OC(=O)/C=C/C(=O)OCCC(=O)O. The van der Waals surface area contributed by atoms with Crippen LogP contribution in [0.25, 0.3) is 0 Å². The zero-order chi connectivity index (χ0) is 16.1. The van der Waals surface area contributed by atoms with E-state index in [9.17, 15) is 14.4 Å². The maximum Gasteiger partial charge on any atom is 0.331 e. The predicted octanol–water partition coefficient (Wildman–Crippen LogP) is 2.46. The largest absolute Gasteiger partial charge is 0.481 e. The first kappa shape index (κ1) is 19.1. The molecule has 0 radical (unpaired) electrons.